The van der Waals surface area contributed by atoms with Crippen LogP contribution in [0.5, 0.6) is 0 Å². The molecule has 4 heteroatoms. The van der Waals surface area contributed by atoms with E-state index >= 15 is 0 Å². The molecule has 98 valence electrons. The van der Waals surface area contributed by atoms with Crippen molar-refractivity contribution in [3.8, 4) is 0 Å². The van der Waals surface area contributed by atoms with Gasteiger partial charge in [0.05, 0.1) is 5.41 Å². The molecule has 0 amide bonds. The highest BCUT2D eigenvalue weighted by Crippen LogP contribution is 2.39. The lowest BCUT2D eigenvalue weighted by Gasteiger charge is -2.31. The zero-order valence-electron chi connectivity index (χ0n) is 10.8. The predicted octanol–water partition coefficient (Wildman–Crippen LogP) is 1.27. The van der Waals surface area contributed by atoms with Crippen LogP contribution in [-0.4, -0.2) is 60.6 Å². The van der Waals surface area contributed by atoms with E-state index in [1.807, 2.05) is 0 Å². The fourth-order valence-electron chi connectivity index (χ4n) is 3.18. The lowest BCUT2D eigenvalue weighted by Crippen LogP contribution is -2.42. The minimum atomic E-state index is -0.576. The number of rotatable bonds is 3. The van der Waals surface area contributed by atoms with Gasteiger partial charge in [-0.25, -0.2) is 0 Å². The van der Waals surface area contributed by atoms with Crippen molar-refractivity contribution in [2.24, 2.45) is 5.41 Å². The number of hydrogen-bond acceptors (Lipinski definition) is 3. The van der Waals surface area contributed by atoms with Gasteiger partial charge < -0.3 is 14.9 Å². The van der Waals surface area contributed by atoms with Gasteiger partial charge in [-0.1, -0.05) is 12.8 Å². The molecular formula is C13H24N2O2. The van der Waals surface area contributed by atoms with Crippen molar-refractivity contribution in [2.45, 2.75) is 32.1 Å². The summed E-state index contributed by atoms with van der Waals surface area (Å²) in [4.78, 5) is 16.2. The van der Waals surface area contributed by atoms with E-state index < -0.39 is 11.4 Å². The lowest BCUT2D eigenvalue weighted by atomic mass is 9.85. The van der Waals surface area contributed by atoms with E-state index in [-0.39, 0.29) is 0 Å². The third-order valence-corrected chi connectivity index (χ3v) is 4.35. The maximum absolute atomic E-state index is 11.5. The second-order valence-electron chi connectivity index (χ2n) is 5.73. The highest BCUT2D eigenvalue weighted by molar-refractivity contribution is 5.75. The van der Waals surface area contributed by atoms with Gasteiger partial charge in [0.15, 0.2) is 0 Å². The van der Waals surface area contributed by atoms with Gasteiger partial charge >= 0.3 is 5.97 Å². The standard InChI is InChI=1S/C13H24N2O2/c1-14-7-4-8-15(10-9-14)11-13(12(16)17)5-2-3-6-13/h2-11H2,1H3,(H,16,17). The molecule has 1 saturated heterocycles. The predicted molar refractivity (Wildman–Crippen MR) is 67.1 cm³/mol. The monoisotopic (exact) mass is 240 g/mol. The van der Waals surface area contributed by atoms with Crippen LogP contribution < -0.4 is 0 Å². The molecule has 0 aromatic heterocycles. The molecule has 1 heterocycles. The first-order valence-electron chi connectivity index (χ1n) is 6.77. The maximum Gasteiger partial charge on any atom is 0.310 e. The molecule has 1 aliphatic carbocycles. The molecule has 17 heavy (non-hydrogen) atoms. The molecule has 1 saturated carbocycles. The van der Waals surface area contributed by atoms with Gasteiger partial charge in [-0.15, -0.1) is 0 Å². The Labute approximate surface area is 104 Å². The fraction of sp³-hybridized carbons (Fsp3) is 0.923. The number of nitrogens with zero attached hydrogens (tertiary/aromatic N) is 2. The van der Waals surface area contributed by atoms with Crippen molar-refractivity contribution in [3.05, 3.63) is 0 Å². The van der Waals surface area contributed by atoms with Crippen LogP contribution in [0.25, 0.3) is 0 Å². The van der Waals surface area contributed by atoms with Gasteiger partial charge in [0, 0.05) is 19.6 Å². The Kier molecular flexibility index (Phi) is 4.05. The van der Waals surface area contributed by atoms with E-state index in [1.54, 1.807) is 0 Å². The average molecular weight is 240 g/mol. The fourth-order valence-corrected chi connectivity index (χ4v) is 3.18. The SMILES string of the molecule is CN1CCCN(CC2(C(=O)O)CCCC2)CC1. The Balaban J connectivity index is 1.96. The molecule has 0 aromatic carbocycles. The van der Waals surface area contributed by atoms with Crippen LogP contribution in [0.3, 0.4) is 0 Å². The van der Waals surface area contributed by atoms with Crippen molar-refractivity contribution < 1.29 is 9.90 Å². The van der Waals surface area contributed by atoms with Gasteiger partial charge in [0.25, 0.3) is 0 Å². The summed E-state index contributed by atoms with van der Waals surface area (Å²) in [5.74, 6) is -0.576. The number of carbonyl (C=O) groups is 1. The molecule has 4 nitrogen and oxygen atoms in total. The summed E-state index contributed by atoms with van der Waals surface area (Å²) >= 11 is 0. The molecule has 2 rings (SSSR count). The highest BCUT2D eigenvalue weighted by atomic mass is 16.4. The van der Waals surface area contributed by atoms with Crippen molar-refractivity contribution in [1.29, 1.82) is 0 Å². The topological polar surface area (TPSA) is 43.8 Å². The molecule has 0 bridgehead atoms. The maximum atomic E-state index is 11.5. The minimum Gasteiger partial charge on any atom is -0.481 e. The van der Waals surface area contributed by atoms with Crippen molar-refractivity contribution in [2.75, 3.05) is 39.8 Å². The first-order chi connectivity index (χ1) is 8.12. The van der Waals surface area contributed by atoms with Crippen LogP contribution >= 0.6 is 0 Å². The number of carboxylic acids is 1. The average Bonchev–Trinajstić information content (AvgIpc) is 2.66. The third-order valence-electron chi connectivity index (χ3n) is 4.35. The quantitative estimate of drug-likeness (QED) is 0.807. The molecule has 1 N–H and O–H groups in total. The highest BCUT2D eigenvalue weighted by Gasteiger charge is 2.42. The minimum absolute atomic E-state index is 0.442. The zero-order chi connectivity index (χ0) is 12.3. The second kappa shape index (κ2) is 5.36. The molecule has 0 radical (unpaired) electrons. The van der Waals surface area contributed by atoms with Crippen LogP contribution in [0.1, 0.15) is 32.1 Å². The van der Waals surface area contributed by atoms with E-state index in [4.69, 9.17) is 0 Å². The van der Waals surface area contributed by atoms with Gasteiger partial charge in [-0.3, -0.25) is 4.79 Å². The van der Waals surface area contributed by atoms with Gasteiger partial charge in [-0.05, 0) is 39.4 Å². The lowest BCUT2D eigenvalue weighted by molar-refractivity contribution is -0.149. The normalized spacial score (nSPS) is 26.9. The Hall–Kier alpha value is -0.610. The van der Waals surface area contributed by atoms with Crippen molar-refractivity contribution in [1.82, 2.24) is 9.80 Å². The molecule has 1 aliphatic heterocycles. The summed E-state index contributed by atoms with van der Waals surface area (Å²) in [6.45, 7) is 5.04. The Morgan fingerprint density at radius 1 is 1.12 bits per heavy atom. The van der Waals surface area contributed by atoms with Crippen molar-refractivity contribution >= 4 is 5.97 Å². The summed E-state index contributed by atoms with van der Waals surface area (Å²) < 4.78 is 0. The number of carboxylic acid groups (broad SMARTS) is 1. The summed E-state index contributed by atoms with van der Waals surface area (Å²) in [6.07, 6.45) is 5.07. The van der Waals surface area contributed by atoms with E-state index in [0.29, 0.717) is 0 Å². The third kappa shape index (κ3) is 2.99. The molecule has 2 aliphatic rings. The van der Waals surface area contributed by atoms with E-state index in [1.165, 1.54) is 0 Å². The molecular weight excluding hydrogens is 216 g/mol. The summed E-state index contributed by atoms with van der Waals surface area (Å²) in [6, 6.07) is 0. The Morgan fingerprint density at radius 3 is 2.47 bits per heavy atom. The molecule has 0 aromatic rings. The number of likely N-dealkylation sites (N-methyl/N-ethyl adjacent to an activating group) is 1. The van der Waals surface area contributed by atoms with Gasteiger partial charge in [0.2, 0.25) is 0 Å². The van der Waals surface area contributed by atoms with Crippen molar-refractivity contribution in [3.63, 3.8) is 0 Å². The summed E-state index contributed by atoms with van der Waals surface area (Å²) in [5, 5.41) is 9.48. The molecule has 0 unspecified atom stereocenters. The van der Waals surface area contributed by atoms with Crippen LogP contribution in [0, 0.1) is 5.41 Å². The smallest absolute Gasteiger partial charge is 0.310 e. The van der Waals surface area contributed by atoms with Crippen LogP contribution in [0.4, 0.5) is 0 Å². The van der Waals surface area contributed by atoms with E-state index in [2.05, 4.69) is 16.8 Å². The Bertz CT molecular complexity index is 275. The molecule has 2 fully saturated rings. The van der Waals surface area contributed by atoms with E-state index in [9.17, 15) is 9.90 Å². The number of hydrogen-bond donors (Lipinski definition) is 1. The largest absolute Gasteiger partial charge is 0.481 e. The molecule has 0 spiro atoms. The van der Waals surface area contributed by atoms with E-state index in [0.717, 1.165) is 64.8 Å². The summed E-state index contributed by atoms with van der Waals surface area (Å²) in [5.41, 5.74) is -0.442. The second-order valence-corrected chi connectivity index (χ2v) is 5.73. The molecule has 0 atom stereocenters. The van der Waals surface area contributed by atoms with Crippen LogP contribution in [0.2, 0.25) is 0 Å². The number of aliphatic carboxylic acids is 1. The first-order valence-corrected chi connectivity index (χ1v) is 6.77. The first kappa shape index (κ1) is 12.8. The van der Waals surface area contributed by atoms with Crippen LogP contribution in [0.15, 0.2) is 0 Å². The Morgan fingerprint density at radius 2 is 1.82 bits per heavy atom. The summed E-state index contributed by atoms with van der Waals surface area (Å²) in [7, 11) is 2.14. The van der Waals surface area contributed by atoms with Crippen LogP contribution in [-0.2, 0) is 4.79 Å². The van der Waals surface area contributed by atoms with Gasteiger partial charge in [0.1, 0.15) is 0 Å². The zero-order valence-corrected chi connectivity index (χ0v) is 10.8. The van der Waals surface area contributed by atoms with Gasteiger partial charge in [-0.2, -0.15) is 0 Å².